The van der Waals surface area contributed by atoms with E-state index in [1.165, 1.54) is 17.1 Å². The van der Waals surface area contributed by atoms with Gasteiger partial charge in [-0.15, -0.1) is 0 Å². The maximum atomic E-state index is 10.1. The normalized spacial score (nSPS) is 11.9. The van der Waals surface area contributed by atoms with Crippen molar-refractivity contribution in [3.63, 3.8) is 0 Å². The molecule has 0 unspecified atom stereocenters. The van der Waals surface area contributed by atoms with Crippen LogP contribution in [0.2, 0.25) is 0 Å². The van der Waals surface area contributed by atoms with Crippen LogP contribution in [0.1, 0.15) is 25.2 Å². The van der Waals surface area contributed by atoms with E-state index in [1.807, 2.05) is 51.0 Å². The molecule has 22 heavy (non-hydrogen) atoms. The van der Waals surface area contributed by atoms with E-state index < -0.39 is 5.60 Å². The topological polar surface area (TPSA) is 52.5 Å². The molecule has 1 aromatic carbocycles. The van der Waals surface area contributed by atoms with Crippen molar-refractivity contribution in [1.29, 1.82) is 0 Å². The first kappa shape index (κ1) is 16.9. The summed E-state index contributed by atoms with van der Waals surface area (Å²) >= 11 is 1.40. The van der Waals surface area contributed by atoms with Crippen LogP contribution >= 0.6 is 11.5 Å². The van der Waals surface area contributed by atoms with Crippen molar-refractivity contribution >= 4 is 16.7 Å². The summed E-state index contributed by atoms with van der Waals surface area (Å²) in [5.74, 6) is 0.800. The summed E-state index contributed by atoms with van der Waals surface area (Å²) in [7, 11) is 3.92. The second-order valence-electron chi connectivity index (χ2n) is 6.33. The second kappa shape index (κ2) is 7.17. The van der Waals surface area contributed by atoms with Crippen LogP contribution in [0.5, 0.6) is 0 Å². The quantitative estimate of drug-likeness (QED) is 0.849. The Labute approximate surface area is 136 Å². The second-order valence-corrected chi connectivity index (χ2v) is 7.06. The summed E-state index contributed by atoms with van der Waals surface area (Å²) in [5, 5.41) is 11.1. The molecule has 0 atom stereocenters. The fourth-order valence-corrected chi connectivity index (χ4v) is 2.84. The molecule has 1 heterocycles. The third-order valence-corrected chi connectivity index (χ3v) is 3.99. The summed E-state index contributed by atoms with van der Waals surface area (Å²) in [4.78, 5) is 8.67. The highest BCUT2D eigenvalue weighted by Crippen LogP contribution is 2.17. The SMILES string of the molecule is CN(C)c1nc(CN(Cc2ccccc2)CC(C)(C)O)ns1. The first-order valence-electron chi connectivity index (χ1n) is 7.32. The van der Waals surface area contributed by atoms with Crippen molar-refractivity contribution in [3.05, 3.63) is 41.7 Å². The lowest BCUT2D eigenvalue weighted by Crippen LogP contribution is -2.38. The van der Waals surface area contributed by atoms with E-state index in [0.29, 0.717) is 13.1 Å². The zero-order chi connectivity index (χ0) is 16.2. The number of benzene rings is 1. The van der Waals surface area contributed by atoms with E-state index in [9.17, 15) is 5.11 Å². The van der Waals surface area contributed by atoms with E-state index in [0.717, 1.165) is 17.5 Å². The molecule has 0 bridgehead atoms. The number of hydrogen-bond donors (Lipinski definition) is 1. The highest BCUT2D eigenvalue weighted by molar-refractivity contribution is 7.09. The van der Waals surface area contributed by atoms with Gasteiger partial charge in [0.25, 0.3) is 0 Å². The van der Waals surface area contributed by atoms with Crippen LogP contribution in [0.15, 0.2) is 30.3 Å². The Hall–Kier alpha value is -1.50. The molecule has 6 heteroatoms. The molecule has 0 aliphatic rings. The molecule has 0 radical (unpaired) electrons. The number of aliphatic hydroxyl groups is 1. The largest absolute Gasteiger partial charge is 0.389 e. The van der Waals surface area contributed by atoms with Crippen molar-refractivity contribution in [3.8, 4) is 0 Å². The Morgan fingerprint density at radius 3 is 2.36 bits per heavy atom. The van der Waals surface area contributed by atoms with Gasteiger partial charge in [-0.1, -0.05) is 30.3 Å². The van der Waals surface area contributed by atoms with Crippen LogP contribution in [0, 0.1) is 0 Å². The molecule has 0 spiro atoms. The smallest absolute Gasteiger partial charge is 0.204 e. The number of nitrogens with zero attached hydrogens (tertiary/aromatic N) is 4. The molecule has 0 saturated carbocycles. The van der Waals surface area contributed by atoms with Gasteiger partial charge in [0.2, 0.25) is 5.13 Å². The fourth-order valence-electron chi connectivity index (χ4n) is 2.25. The van der Waals surface area contributed by atoms with Gasteiger partial charge < -0.3 is 10.0 Å². The van der Waals surface area contributed by atoms with Crippen molar-refractivity contribution < 1.29 is 5.11 Å². The van der Waals surface area contributed by atoms with Gasteiger partial charge in [-0.3, -0.25) is 4.90 Å². The van der Waals surface area contributed by atoms with E-state index >= 15 is 0 Å². The van der Waals surface area contributed by atoms with E-state index in [4.69, 9.17) is 0 Å². The van der Waals surface area contributed by atoms with Crippen molar-refractivity contribution in [2.75, 3.05) is 25.5 Å². The minimum Gasteiger partial charge on any atom is -0.389 e. The average molecular weight is 320 g/mol. The van der Waals surface area contributed by atoms with E-state index in [2.05, 4.69) is 26.4 Å². The molecule has 0 fully saturated rings. The van der Waals surface area contributed by atoms with Crippen LogP contribution in [0.25, 0.3) is 0 Å². The van der Waals surface area contributed by atoms with E-state index in [-0.39, 0.29) is 0 Å². The van der Waals surface area contributed by atoms with E-state index in [1.54, 1.807) is 0 Å². The molecule has 2 rings (SSSR count). The molecule has 2 aromatic rings. The molecule has 5 nitrogen and oxygen atoms in total. The zero-order valence-corrected chi connectivity index (χ0v) is 14.5. The zero-order valence-electron chi connectivity index (χ0n) is 13.7. The minimum absolute atomic E-state index is 0.568. The molecule has 1 aromatic heterocycles. The van der Waals surface area contributed by atoms with Crippen LogP contribution in [-0.4, -0.2) is 45.6 Å². The molecule has 0 saturated heterocycles. The summed E-state index contributed by atoms with van der Waals surface area (Å²) in [5.41, 5.74) is 0.463. The predicted octanol–water partition coefficient (Wildman–Crippen LogP) is 2.38. The van der Waals surface area contributed by atoms with Crippen molar-refractivity contribution in [2.24, 2.45) is 0 Å². The Kier molecular flexibility index (Phi) is 5.50. The Balaban J connectivity index is 2.09. The van der Waals surface area contributed by atoms with Crippen LogP contribution in [-0.2, 0) is 13.1 Å². The van der Waals surface area contributed by atoms with Gasteiger partial charge in [0, 0.05) is 38.7 Å². The summed E-state index contributed by atoms with van der Waals surface area (Å²) < 4.78 is 4.41. The highest BCUT2D eigenvalue weighted by Gasteiger charge is 2.20. The maximum Gasteiger partial charge on any atom is 0.204 e. The maximum absolute atomic E-state index is 10.1. The van der Waals surface area contributed by atoms with Gasteiger partial charge >= 0.3 is 0 Å². The first-order valence-corrected chi connectivity index (χ1v) is 8.09. The average Bonchev–Trinajstić information content (AvgIpc) is 2.86. The van der Waals surface area contributed by atoms with Gasteiger partial charge in [0.1, 0.15) is 0 Å². The standard InChI is InChI=1S/C16H24N4OS/c1-16(2,21)12-20(10-13-8-6-5-7-9-13)11-14-17-15(19(3)4)22-18-14/h5-9,21H,10-12H2,1-4H3. The summed E-state index contributed by atoms with van der Waals surface area (Å²) in [6.45, 7) is 5.61. The number of aromatic nitrogens is 2. The molecule has 0 amide bonds. The molecule has 120 valence electrons. The predicted molar refractivity (Wildman–Crippen MR) is 91.1 cm³/mol. The van der Waals surface area contributed by atoms with Crippen molar-refractivity contribution in [2.45, 2.75) is 32.5 Å². The van der Waals surface area contributed by atoms with Gasteiger partial charge in [-0.25, -0.2) is 4.98 Å². The summed E-state index contributed by atoms with van der Waals surface area (Å²) in [6, 6.07) is 10.3. The Bertz CT molecular complexity index is 577. The molecule has 1 N–H and O–H groups in total. The first-order chi connectivity index (χ1) is 10.3. The Morgan fingerprint density at radius 2 is 1.82 bits per heavy atom. The third-order valence-electron chi connectivity index (χ3n) is 3.06. The Morgan fingerprint density at radius 1 is 1.14 bits per heavy atom. The van der Waals surface area contributed by atoms with Gasteiger partial charge in [-0.2, -0.15) is 4.37 Å². The lowest BCUT2D eigenvalue weighted by molar-refractivity contribution is 0.0299. The number of rotatable bonds is 7. The monoisotopic (exact) mass is 320 g/mol. The van der Waals surface area contributed by atoms with Crippen LogP contribution in [0.4, 0.5) is 5.13 Å². The van der Waals surface area contributed by atoms with Crippen LogP contribution < -0.4 is 4.90 Å². The van der Waals surface area contributed by atoms with Crippen molar-refractivity contribution in [1.82, 2.24) is 14.3 Å². The lowest BCUT2D eigenvalue weighted by atomic mass is 10.1. The lowest BCUT2D eigenvalue weighted by Gasteiger charge is -2.28. The molecular formula is C16H24N4OS. The molecule has 0 aliphatic carbocycles. The minimum atomic E-state index is -0.755. The molecular weight excluding hydrogens is 296 g/mol. The highest BCUT2D eigenvalue weighted by atomic mass is 32.1. The number of anilines is 1. The van der Waals surface area contributed by atoms with Gasteiger partial charge in [0.15, 0.2) is 5.82 Å². The van der Waals surface area contributed by atoms with Gasteiger partial charge in [-0.05, 0) is 19.4 Å². The fraction of sp³-hybridized carbons (Fsp3) is 0.500. The number of hydrogen-bond acceptors (Lipinski definition) is 6. The van der Waals surface area contributed by atoms with Gasteiger partial charge in [0.05, 0.1) is 12.1 Å². The summed E-state index contributed by atoms with van der Waals surface area (Å²) in [6.07, 6.45) is 0. The van der Waals surface area contributed by atoms with Crippen LogP contribution in [0.3, 0.4) is 0 Å². The molecule has 0 aliphatic heterocycles. The third kappa shape index (κ3) is 5.36.